The normalized spacial score (nSPS) is 20.9. The molecule has 212 valence electrons. The number of aromatic amines is 1. The van der Waals surface area contributed by atoms with Crippen LogP contribution in [-0.2, 0) is 4.74 Å². The molecule has 3 aromatic rings. The Bertz CT molecular complexity index is 1220. The molecule has 0 unspecified atom stereocenters. The number of hydrogen-bond donors (Lipinski definition) is 3. The summed E-state index contributed by atoms with van der Waals surface area (Å²) in [5.41, 5.74) is 4.02. The first-order valence-electron chi connectivity index (χ1n) is 13.8. The van der Waals surface area contributed by atoms with Crippen LogP contribution >= 0.6 is 24.8 Å². The van der Waals surface area contributed by atoms with Crippen molar-refractivity contribution in [2.45, 2.75) is 56.8 Å². The van der Waals surface area contributed by atoms with Crippen LogP contribution in [0.2, 0.25) is 0 Å². The number of fused-ring (bicyclic) bond motifs is 1. The van der Waals surface area contributed by atoms with Crippen molar-refractivity contribution in [2.75, 3.05) is 50.0 Å². The molecule has 3 N–H and O–H groups in total. The van der Waals surface area contributed by atoms with E-state index in [-0.39, 0.29) is 30.7 Å². The number of benzene rings is 1. The summed E-state index contributed by atoms with van der Waals surface area (Å²) in [6.45, 7) is 5.24. The number of hydrogen-bond acceptors (Lipinski definition) is 6. The van der Waals surface area contributed by atoms with Crippen molar-refractivity contribution in [3.8, 4) is 0 Å². The molecule has 1 atom stereocenters. The van der Waals surface area contributed by atoms with Gasteiger partial charge in [0.15, 0.2) is 0 Å². The number of likely N-dealkylation sites (tertiary alicyclic amines) is 1. The highest BCUT2D eigenvalue weighted by atomic mass is 35.5. The average Bonchev–Trinajstić information content (AvgIpc) is 3.55. The molecule has 39 heavy (non-hydrogen) atoms. The van der Waals surface area contributed by atoms with Gasteiger partial charge in [-0.05, 0) is 95.5 Å². The van der Waals surface area contributed by atoms with Crippen molar-refractivity contribution in [1.29, 1.82) is 0 Å². The third-order valence-electron chi connectivity index (χ3n) is 8.25. The van der Waals surface area contributed by atoms with E-state index in [0.717, 1.165) is 75.0 Å². The number of ether oxygens (including phenoxy) is 1. The number of piperidine rings is 2. The quantitative estimate of drug-likeness (QED) is 0.377. The van der Waals surface area contributed by atoms with Crippen LogP contribution in [0, 0.1) is 0 Å². The summed E-state index contributed by atoms with van der Waals surface area (Å²) in [6, 6.07) is 12.4. The minimum absolute atomic E-state index is 0. The zero-order valence-electron chi connectivity index (χ0n) is 22.5. The molecule has 0 saturated carbocycles. The molecule has 1 amide bonds. The molecule has 3 fully saturated rings. The predicted octanol–water partition coefficient (Wildman–Crippen LogP) is 5.16. The number of anilines is 2. The molecular formula is C29H40Cl2N6O2. The van der Waals surface area contributed by atoms with Crippen LogP contribution in [0.3, 0.4) is 0 Å². The van der Waals surface area contributed by atoms with Gasteiger partial charge in [0.25, 0.3) is 5.91 Å². The summed E-state index contributed by atoms with van der Waals surface area (Å²) in [4.78, 5) is 25.7. The lowest BCUT2D eigenvalue weighted by Crippen LogP contribution is -2.40. The van der Waals surface area contributed by atoms with Gasteiger partial charge in [0.2, 0.25) is 0 Å². The number of carbonyl (C=O) groups is 1. The molecule has 6 rings (SSSR count). The molecule has 8 nitrogen and oxygen atoms in total. The first-order valence-corrected chi connectivity index (χ1v) is 13.8. The lowest BCUT2D eigenvalue weighted by Gasteiger charge is -2.36. The first-order chi connectivity index (χ1) is 18.1. The van der Waals surface area contributed by atoms with Gasteiger partial charge in [-0.3, -0.25) is 9.69 Å². The van der Waals surface area contributed by atoms with Crippen molar-refractivity contribution in [2.24, 2.45) is 0 Å². The number of H-pyrrole nitrogens is 1. The summed E-state index contributed by atoms with van der Waals surface area (Å²) in [5.74, 6) is 0.417. The van der Waals surface area contributed by atoms with Crippen molar-refractivity contribution in [1.82, 2.24) is 20.2 Å². The molecular weight excluding hydrogens is 535 g/mol. The molecule has 5 heterocycles. The van der Waals surface area contributed by atoms with Gasteiger partial charge in [0.05, 0.1) is 17.7 Å². The van der Waals surface area contributed by atoms with Gasteiger partial charge in [-0.1, -0.05) is 0 Å². The van der Waals surface area contributed by atoms with E-state index in [9.17, 15) is 4.79 Å². The van der Waals surface area contributed by atoms with Crippen molar-refractivity contribution >= 4 is 53.1 Å². The van der Waals surface area contributed by atoms with E-state index in [1.54, 1.807) is 0 Å². The Labute approximate surface area is 243 Å². The first kappa shape index (κ1) is 29.6. The lowest BCUT2D eigenvalue weighted by atomic mass is 10.0. The van der Waals surface area contributed by atoms with E-state index < -0.39 is 0 Å². The highest BCUT2D eigenvalue weighted by molar-refractivity contribution is 6.04. The van der Waals surface area contributed by atoms with Gasteiger partial charge in [-0.2, -0.15) is 0 Å². The van der Waals surface area contributed by atoms with E-state index in [1.807, 2.05) is 24.4 Å². The van der Waals surface area contributed by atoms with E-state index in [0.29, 0.717) is 29.6 Å². The summed E-state index contributed by atoms with van der Waals surface area (Å²) in [6.07, 6.45) is 9.36. The van der Waals surface area contributed by atoms with E-state index in [4.69, 9.17) is 4.74 Å². The monoisotopic (exact) mass is 574 g/mol. The van der Waals surface area contributed by atoms with Crippen LogP contribution in [-0.4, -0.2) is 72.8 Å². The number of nitrogens with zero attached hydrogens (tertiary/aromatic N) is 3. The van der Waals surface area contributed by atoms with Crippen LogP contribution in [0.1, 0.15) is 60.6 Å². The fraction of sp³-hybridized carbons (Fsp3) is 0.517. The lowest BCUT2D eigenvalue weighted by molar-refractivity contribution is -0.0363. The maximum absolute atomic E-state index is 12.9. The van der Waals surface area contributed by atoms with Crippen LogP contribution in [0.15, 0.2) is 42.6 Å². The van der Waals surface area contributed by atoms with Crippen LogP contribution < -0.4 is 15.5 Å². The van der Waals surface area contributed by atoms with Crippen molar-refractivity contribution < 1.29 is 9.53 Å². The Morgan fingerprint density at radius 1 is 0.974 bits per heavy atom. The number of rotatable bonds is 6. The van der Waals surface area contributed by atoms with Crippen molar-refractivity contribution in [3.05, 3.63) is 53.9 Å². The zero-order valence-corrected chi connectivity index (χ0v) is 24.2. The summed E-state index contributed by atoms with van der Waals surface area (Å²) >= 11 is 0. The Hall–Kier alpha value is -2.36. The summed E-state index contributed by atoms with van der Waals surface area (Å²) in [5, 5.41) is 7.44. The van der Waals surface area contributed by atoms with Gasteiger partial charge >= 0.3 is 0 Å². The Morgan fingerprint density at radius 2 is 1.69 bits per heavy atom. The van der Waals surface area contributed by atoms with E-state index >= 15 is 0 Å². The molecule has 0 radical (unpaired) electrons. The van der Waals surface area contributed by atoms with E-state index in [2.05, 4.69) is 55.6 Å². The third-order valence-corrected chi connectivity index (χ3v) is 8.25. The second kappa shape index (κ2) is 13.3. The molecule has 3 aliphatic rings. The fourth-order valence-electron chi connectivity index (χ4n) is 6.07. The van der Waals surface area contributed by atoms with Gasteiger partial charge in [0.1, 0.15) is 5.82 Å². The summed E-state index contributed by atoms with van der Waals surface area (Å²) in [7, 11) is 2.17. The highest BCUT2D eigenvalue weighted by Crippen LogP contribution is 2.32. The number of halogens is 2. The molecule has 3 saturated heterocycles. The Kier molecular flexibility index (Phi) is 10.1. The Morgan fingerprint density at radius 3 is 2.38 bits per heavy atom. The smallest absolute Gasteiger partial charge is 0.256 e. The second-order valence-corrected chi connectivity index (χ2v) is 10.8. The number of aromatic nitrogens is 2. The van der Waals surface area contributed by atoms with Crippen LogP contribution in [0.4, 0.5) is 11.5 Å². The highest BCUT2D eigenvalue weighted by Gasteiger charge is 2.25. The van der Waals surface area contributed by atoms with Gasteiger partial charge in [-0.15, -0.1) is 24.8 Å². The topological polar surface area (TPSA) is 85.5 Å². The largest absolute Gasteiger partial charge is 0.375 e. The standard InChI is InChI=1S/C29H38N6O2.2ClH/c1-34-14-2-3-27(34)26-17-21-19-31-28(18-25(21)32-26)33-29(36)20-4-6-22(7-5-20)35-15-10-24(11-16-35)37-23-8-12-30-13-9-23;;/h4-7,17-19,23-24,27,30,32H,2-3,8-16H2,1H3,(H,31,33,36);2*1H/t27-;;/m1../s1. The fourth-order valence-corrected chi connectivity index (χ4v) is 6.07. The van der Waals surface area contributed by atoms with Gasteiger partial charge in [-0.25, -0.2) is 4.98 Å². The van der Waals surface area contributed by atoms with Crippen LogP contribution in [0.25, 0.3) is 10.9 Å². The minimum atomic E-state index is -0.144. The minimum Gasteiger partial charge on any atom is -0.375 e. The number of nitrogens with one attached hydrogen (secondary N) is 3. The number of amides is 1. The second-order valence-electron chi connectivity index (χ2n) is 10.8. The number of pyridine rings is 1. The third kappa shape index (κ3) is 6.87. The maximum atomic E-state index is 12.9. The van der Waals surface area contributed by atoms with Gasteiger partial charge in [0, 0.05) is 53.7 Å². The molecule has 2 aromatic heterocycles. The molecule has 0 spiro atoms. The van der Waals surface area contributed by atoms with Gasteiger partial charge < -0.3 is 25.3 Å². The van der Waals surface area contributed by atoms with E-state index in [1.165, 1.54) is 18.5 Å². The molecule has 10 heteroatoms. The van der Waals surface area contributed by atoms with Crippen molar-refractivity contribution in [3.63, 3.8) is 0 Å². The number of carbonyl (C=O) groups excluding carboxylic acids is 1. The molecule has 1 aromatic carbocycles. The zero-order chi connectivity index (χ0) is 25.2. The average molecular weight is 576 g/mol. The van der Waals surface area contributed by atoms with Crippen LogP contribution in [0.5, 0.6) is 0 Å². The maximum Gasteiger partial charge on any atom is 0.256 e. The molecule has 0 aliphatic carbocycles. The molecule has 0 bridgehead atoms. The Balaban J connectivity index is 0.00000176. The SMILES string of the molecule is CN1CCC[C@@H]1c1cc2cnc(NC(=O)c3ccc(N4CCC(OC5CCNCC5)CC4)cc3)cc2[nH]1.Cl.Cl. The molecule has 3 aliphatic heterocycles. The summed E-state index contributed by atoms with van der Waals surface area (Å²) < 4.78 is 6.35. The predicted molar refractivity (Wildman–Crippen MR) is 162 cm³/mol.